The fourth-order valence-corrected chi connectivity index (χ4v) is 2.63. The number of hydrogen-bond donors (Lipinski definition) is 2. The topological polar surface area (TPSA) is 84.2 Å². The van der Waals surface area contributed by atoms with Crippen molar-refractivity contribution in [1.29, 1.82) is 0 Å². The number of amides is 1. The summed E-state index contributed by atoms with van der Waals surface area (Å²) in [5.41, 5.74) is 1.49. The smallest absolute Gasteiger partial charge is 0.347 e. The molecule has 0 unspecified atom stereocenters. The number of aliphatic hydroxyl groups is 1. The van der Waals surface area contributed by atoms with Crippen molar-refractivity contribution in [2.75, 3.05) is 0 Å². The predicted molar refractivity (Wildman–Crippen MR) is 75.5 cm³/mol. The van der Waals surface area contributed by atoms with Crippen LogP contribution >= 0.6 is 0 Å². The molecule has 0 fully saturated rings. The lowest BCUT2D eigenvalue weighted by Crippen LogP contribution is -2.38. The lowest BCUT2D eigenvalue weighted by Gasteiger charge is -2.18. The van der Waals surface area contributed by atoms with Gasteiger partial charge >= 0.3 is 5.69 Å². The number of aromatic nitrogens is 2. The Kier molecular flexibility index (Phi) is 3.53. The van der Waals surface area contributed by atoms with Gasteiger partial charge in [-0.1, -0.05) is 24.3 Å². The van der Waals surface area contributed by atoms with Crippen LogP contribution in [0.2, 0.25) is 0 Å². The van der Waals surface area contributed by atoms with Gasteiger partial charge < -0.3 is 10.4 Å². The van der Waals surface area contributed by atoms with Crippen LogP contribution in [0.15, 0.2) is 47.5 Å². The van der Waals surface area contributed by atoms with E-state index in [2.05, 4.69) is 10.3 Å². The molecule has 1 aromatic carbocycles. The Morgan fingerprint density at radius 2 is 2.19 bits per heavy atom. The third-order valence-electron chi connectivity index (χ3n) is 3.62. The molecule has 0 spiro atoms. The van der Waals surface area contributed by atoms with Gasteiger partial charge in [-0.25, -0.2) is 9.78 Å². The van der Waals surface area contributed by atoms with Gasteiger partial charge in [-0.2, -0.15) is 0 Å². The molecule has 0 radical (unpaired) electrons. The SMILES string of the molecule is O=C(Cn1cccnc1=O)N[C@H]1c2ccccc2C[C@H]1O. The van der Waals surface area contributed by atoms with Crippen LogP contribution in [0.3, 0.4) is 0 Å². The van der Waals surface area contributed by atoms with Crippen LogP contribution in [-0.2, 0) is 17.8 Å². The summed E-state index contributed by atoms with van der Waals surface area (Å²) in [6.07, 6.45) is 2.77. The third-order valence-corrected chi connectivity index (χ3v) is 3.62. The molecule has 6 heteroatoms. The molecule has 0 bridgehead atoms. The number of nitrogens with zero attached hydrogens (tertiary/aromatic N) is 2. The Balaban J connectivity index is 1.74. The molecular formula is C15H15N3O3. The number of nitrogens with one attached hydrogen (secondary N) is 1. The second-order valence-electron chi connectivity index (χ2n) is 5.05. The molecule has 0 saturated carbocycles. The monoisotopic (exact) mass is 285 g/mol. The van der Waals surface area contributed by atoms with Crippen molar-refractivity contribution < 1.29 is 9.90 Å². The molecule has 6 nitrogen and oxygen atoms in total. The first-order valence-electron chi connectivity index (χ1n) is 6.72. The minimum absolute atomic E-state index is 0.113. The largest absolute Gasteiger partial charge is 0.390 e. The zero-order valence-electron chi connectivity index (χ0n) is 11.3. The zero-order chi connectivity index (χ0) is 14.8. The minimum atomic E-state index is -0.642. The van der Waals surface area contributed by atoms with Crippen LogP contribution in [0.1, 0.15) is 17.2 Å². The first-order valence-corrected chi connectivity index (χ1v) is 6.72. The van der Waals surface area contributed by atoms with Gasteiger partial charge in [0, 0.05) is 18.8 Å². The van der Waals surface area contributed by atoms with E-state index in [1.807, 2.05) is 24.3 Å². The van der Waals surface area contributed by atoms with Crippen molar-refractivity contribution in [3.63, 3.8) is 0 Å². The zero-order valence-corrected chi connectivity index (χ0v) is 11.3. The van der Waals surface area contributed by atoms with E-state index in [0.29, 0.717) is 6.42 Å². The molecular weight excluding hydrogens is 270 g/mol. The summed E-state index contributed by atoms with van der Waals surface area (Å²) in [6.45, 7) is -0.113. The molecule has 0 saturated heterocycles. The van der Waals surface area contributed by atoms with Gasteiger partial charge in [0.15, 0.2) is 0 Å². The van der Waals surface area contributed by atoms with Crippen molar-refractivity contribution >= 4 is 5.91 Å². The van der Waals surface area contributed by atoms with E-state index in [1.165, 1.54) is 17.0 Å². The van der Waals surface area contributed by atoms with Crippen molar-refractivity contribution in [1.82, 2.24) is 14.9 Å². The second-order valence-corrected chi connectivity index (χ2v) is 5.05. The number of aliphatic hydroxyl groups excluding tert-OH is 1. The fraction of sp³-hybridized carbons (Fsp3) is 0.267. The molecule has 3 rings (SSSR count). The highest BCUT2D eigenvalue weighted by Gasteiger charge is 2.31. The van der Waals surface area contributed by atoms with Crippen LogP contribution in [-0.4, -0.2) is 26.7 Å². The van der Waals surface area contributed by atoms with Crippen LogP contribution in [0.4, 0.5) is 0 Å². The highest BCUT2D eigenvalue weighted by Crippen LogP contribution is 2.31. The van der Waals surface area contributed by atoms with Crippen molar-refractivity contribution in [2.45, 2.75) is 25.1 Å². The molecule has 2 aromatic rings. The molecule has 1 aliphatic rings. The summed E-state index contributed by atoms with van der Waals surface area (Å²) in [4.78, 5) is 27.1. The molecule has 2 atom stereocenters. The van der Waals surface area contributed by atoms with Gasteiger partial charge in [0.25, 0.3) is 0 Å². The maximum atomic E-state index is 12.1. The van der Waals surface area contributed by atoms with E-state index in [-0.39, 0.29) is 12.5 Å². The number of carbonyl (C=O) groups excluding carboxylic acids is 1. The van der Waals surface area contributed by atoms with Gasteiger partial charge in [0.05, 0.1) is 12.1 Å². The molecule has 1 heterocycles. The molecule has 1 aromatic heterocycles. The molecule has 1 amide bonds. The van der Waals surface area contributed by atoms with Crippen LogP contribution in [0.5, 0.6) is 0 Å². The maximum absolute atomic E-state index is 12.1. The van der Waals surface area contributed by atoms with Gasteiger partial charge in [-0.15, -0.1) is 0 Å². The number of hydrogen-bond acceptors (Lipinski definition) is 4. The first kappa shape index (κ1) is 13.5. The van der Waals surface area contributed by atoms with E-state index >= 15 is 0 Å². The molecule has 1 aliphatic carbocycles. The van der Waals surface area contributed by atoms with E-state index in [0.717, 1.165) is 11.1 Å². The molecule has 108 valence electrons. The maximum Gasteiger partial charge on any atom is 0.347 e. The number of benzene rings is 1. The summed E-state index contributed by atoms with van der Waals surface area (Å²) in [6, 6.07) is 8.78. The molecule has 21 heavy (non-hydrogen) atoms. The second kappa shape index (κ2) is 5.49. The normalized spacial score (nSPS) is 20.0. The number of fused-ring (bicyclic) bond motifs is 1. The average molecular weight is 285 g/mol. The highest BCUT2D eigenvalue weighted by molar-refractivity contribution is 5.76. The van der Waals surface area contributed by atoms with Crippen LogP contribution in [0, 0.1) is 0 Å². The Morgan fingerprint density at radius 1 is 1.38 bits per heavy atom. The summed E-state index contributed by atoms with van der Waals surface area (Å²) < 4.78 is 1.22. The van der Waals surface area contributed by atoms with Crippen LogP contribution < -0.4 is 11.0 Å². The van der Waals surface area contributed by atoms with Gasteiger partial charge in [0.1, 0.15) is 6.54 Å². The molecule has 0 aliphatic heterocycles. The standard InChI is InChI=1S/C15H15N3O3/c19-12-8-10-4-1-2-5-11(10)14(12)17-13(20)9-18-7-3-6-16-15(18)21/h1-7,12,14,19H,8-9H2,(H,17,20)/t12-,14+/m1/s1. The lowest BCUT2D eigenvalue weighted by molar-refractivity contribution is -0.123. The predicted octanol–water partition coefficient (Wildman–Crippen LogP) is 0.0178. The van der Waals surface area contributed by atoms with E-state index in [9.17, 15) is 14.7 Å². The van der Waals surface area contributed by atoms with Crippen molar-refractivity contribution in [3.05, 3.63) is 64.3 Å². The number of rotatable bonds is 3. The third kappa shape index (κ3) is 2.71. The molecule has 2 N–H and O–H groups in total. The van der Waals surface area contributed by atoms with Gasteiger partial charge in [0.2, 0.25) is 5.91 Å². The van der Waals surface area contributed by atoms with E-state index in [4.69, 9.17) is 0 Å². The Hall–Kier alpha value is -2.47. The Bertz CT molecular complexity index is 726. The first-order chi connectivity index (χ1) is 10.1. The van der Waals surface area contributed by atoms with E-state index in [1.54, 1.807) is 6.07 Å². The van der Waals surface area contributed by atoms with Crippen molar-refractivity contribution in [2.24, 2.45) is 0 Å². The fourth-order valence-electron chi connectivity index (χ4n) is 2.63. The van der Waals surface area contributed by atoms with E-state index < -0.39 is 17.8 Å². The van der Waals surface area contributed by atoms with Crippen LogP contribution in [0.25, 0.3) is 0 Å². The highest BCUT2D eigenvalue weighted by atomic mass is 16.3. The van der Waals surface area contributed by atoms with Crippen molar-refractivity contribution in [3.8, 4) is 0 Å². The summed E-state index contributed by atoms with van der Waals surface area (Å²) >= 11 is 0. The Morgan fingerprint density at radius 3 is 3.00 bits per heavy atom. The lowest BCUT2D eigenvalue weighted by atomic mass is 10.1. The van der Waals surface area contributed by atoms with Gasteiger partial charge in [-0.3, -0.25) is 9.36 Å². The summed E-state index contributed by atoms with van der Waals surface area (Å²) in [7, 11) is 0. The summed E-state index contributed by atoms with van der Waals surface area (Å²) in [5.74, 6) is -0.328. The minimum Gasteiger partial charge on any atom is -0.390 e. The number of carbonyl (C=O) groups is 1. The van der Waals surface area contributed by atoms with Gasteiger partial charge in [-0.05, 0) is 17.2 Å². The quantitative estimate of drug-likeness (QED) is 0.832. The summed E-state index contributed by atoms with van der Waals surface area (Å²) in [5, 5.41) is 12.9. The Labute approximate surface area is 121 Å². The average Bonchev–Trinajstić information content (AvgIpc) is 2.78.